The zero-order valence-corrected chi connectivity index (χ0v) is 12.4. The van der Waals surface area contributed by atoms with Gasteiger partial charge in [0.15, 0.2) is 0 Å². The van der Waals surface area contributed by atoms with E-state index in [4.69, 9.17) is 4.74 Å². The predicted molar refractivity (Wildman–Crippen MR) is 83.5 cm³/mol. The molecule has 0 atom stereocenters. The first-order valence-electron chi connectivity index (χ1n) is 7.20. The van der Waals surface area contributed by atoms with Crippen LogP contribution in [0.25, 0.3) is 0 Å². The first-order chi connectivity index (χ1) is 9.79. The number of aryl methyl sites for hydroxylation is 1. The van der Waals surface area contributed by atoms with Gasteiger partial charge in [-0.1, -0.05) is 48.5 Å². The minimum Gasteiger partial charge on any atom is -0.377 e. The van der Waals surface area contributed by atoms with Crippen molar-refractivity contribution in [1.29, 1.82) is 0 Å². The first kappa shape index (κ1) is 14.8. The van der Waals surface area contributed by atoms with Crippen molar-refractivity contribution >= 4 is 0 Å². The fourth-order valence-electron chi connectivity index (χ4n) is 2.12. The normalized spacial score (nSPS) is 10.7. The summed E-state index contributed by atoms with van der Waals surface area (Å²) in [7, 11) is 0. The van der Waals surface area contributed by atoms with Crippen molar-refractivity contribution in [2.45, 2.75) is 33.5 Å². The molecule has 0 heterocycles. The lowest BCUT2D eigenvalue weighted by Crippen LogP contribution is -2.13. The van der Waals surface area contributed by atoms with Gasteiger partial charge in [0.2, 0.25) is 0 Å². The average molecular weight is 269 g/mol. The third kappa shape index (κ3) is 4.48. The number of nitrogens with one attached hydrogen (secondary N) is 1. The summed E-state index contributed by atoms with van der Waals surface area (Å²) in [4.78, 5) is 0. The van der Waals surface area contributed by atoms with Crippen LogP contribution in [-0.4, -0.2) is 6.61 Å². The summed E-state index contributed by atoms with van der Waals surface area (Å²) in [6.45, 7) is 7.44. The Bertz CT molecular complexity index is 519. The summed E-state index contributed by atoms with van der Waals surface area (Å²) in [6.07, 6.45) is 0. The van der Waals surface area contributed by atoms with E-state index in [9.17, 15) is 0 Å². The van der Waals surface area contributed by atoms with Gasteiger partial charge in [-0.2, -0.15) is 0 Å². The molecule has 0 amide bonds. The summed E-state index contributed by atoms with van der Waals surface area (Å²) in [5.74, 6) is 0. The molecule has 0 aliphatic heterocycles. The van der Waals surface area contributed by atoms with Gasteiger partial charge < -0.3 is 10.1 Å². The number of benzene rings is 2. The lowest BCUT2D eigenvalue weighted by molar-refractivity contribution is 0.134. The van der Waals surface area contributed by atoms with Gasteiger partial charge in [0.25, 0.3) is 0 Å². The Morgan fingerprint density at radius 2 is 1.60 bits per heavy atom. The van der Waals surface area contributed by atoms with Crippen LogP contribution < -0.4 is 5.32 Å². The SMILES string of the molecule is CCOCc1ccc(CNCc2ccccc2C)cc1. The van der Waals surface area contributed by atoms with Crippen molar-refractivity contribution < 1.29 is 4.74 Å². The van der Waals surface area contributed by atoms with Crippen LogP contribution in [0.1, 0.15) is 29.2 Å². The summed E-state index contributed by atoms with van der Waals surface area (Å²) in [6, 6.07) is 17.1. The molecule has 1 N–H and O–H groups in total. The maximum atomic E-state index is 5.40. The number of hydrogen-bond donors (Lipinski definition) is 1. The maximum absolute atomic E-state index is 5.40. The molecule has 2 rings (SSSR count). The number of hydrogen-bond acceptors (Lipinski definition) is 2. The Kier molecular flexibility index (Phi) is 5.78. The van der Waals surface area contributed by atoms with E-state index in [0.29, 0.717) is 6.61 Å². The summed E-state index contributed by atoms with van der Waals surface area (Å²) in [5.41, 5.74) is 5.24. The highest BCUT2D eigenvalue weighted by Gasteiger charge is 1.98. The molecule has 2 aromatic carbocycles. The molecule has 106 valence electrons. The molecule has 0 spiro atoms. The van der Waals surface area contributed by atoms with Gasteiger partial charge in [-0.25, -0.2) is 0 Å². The average Bonchev–Trinajstić information content (AvgIpc) is 2.48. The van der Waals surface area contributed by atoms with Crippen molar-refractivity contribution in [1.82, 2.24) is 5.32 Å². The standard InChI is InChI=1S/C18H23NO/c1-3-20-14-17-10-8-16(9-11-17)12-19-13-18-7-5-4-6-15(18)2/h4-11,19H,3,12-14H2,1-2H3. The summed E-state index contributed by atoms with van der Waals surface area (Å²) >= 11 is 0. The van der Waals surface area contributed by atoms with E-state index in [1.54, 1.807) is 0 Å². The second kappa shape index (κ2) is 7.83. The number of rotatable bonds is 7. The van der Waals surface area contributed by atoms with E-state index in [0.717, 1.165) is 19.7 Å². The quantitative estimate of drug-likeness (QED) is 0.825. The Labute approximate surface area is 121 Å². The molecule has 0 fully saturated rings. The van der Waals surface area contributed by atoms with Crippen molar-refractivity contribution in [3.8, 4) is 0 Å². The second-order valence-electron chi connectivity index (χ2n) is 4.98. The monoisotopic (exact) mass is 269 g/mol. The molecule has 0 aliphatic carbocycles. The van der Waals surface area contributed by atoms with E-state index >= 15 is 0 Å². The predicted octanol–water partition coefficient (Wildman–Crippen LogP) is 3.82. The van der Waals surface area contributed by atoms with Gasteiger partial charge >= 0.3 is 0 Å². The highest BCUT2D eigenvalue weighted by Crippen LogP contribution is 2.08. The molecular weight excluding hydrogens is 246 g/mol. The Morgan fingerprint density at radius 1 is 0.900 bits per heavy atom. The summed E-state index contributed by atoms with van der Waals surface area (Å²) < 4.78 is 5.40. The second-order valence-corrected chi connectivity index (χ2v) is 4.98. The van der Waals surface area contributed by atoms with Crippen molar-refractivity contribution in [2.75, 3.05) is 6.61 Å². The molecule has 2 heteroatoms. The Balaban J connectivity index is 1.81. The molecule has 0 saturated carbocycles. The van der Waals surface area contributed by atoms with E-state index in [2.05, 4.69) is 60.8 Å². The summed E-state index contributed by atoms with van der Waals surface area (Å²) in [5, 5.41) is 3.49. The topological polar surface area (TPSA) is 21.3 Å². The highest BCUT2D eigenvalue weighted by atomic mass is 16.5. The Morgan fingerprint density at radius 3 is 2.30 bits per heavy atom. The Hall–Kier alpha value is -1.64. The van der Waals surface area contributed by atoms with Crippen LogP contribution in [0.5, 0.6) is 0 Å². The molecule has 0 saturated heterocycles. The largest absolute Gasteiger partial charge is 0.377 e. The minimum absolute atomic E-state index is 0.702. The fraction of sp³-hybridized carbons (Fsp3) is 0.333. The third-order valence-electron chi connectivity index (χ3n) is 3.40. The smallest absolute Gasteiger partial charge is 0.0716 e. The fourth-order valence-corrected chi connectivity index (χ4v) is 2.12. The highest BCUT2D eigenvalue weighted by molar-refractivity contribution is 5.26. The lowest BCUT2D eigenvalue weighted by Gasteiger charge is -2.08. The lowest BCUT2D eigenvalue weighted by atomic mass is 10.1. The molecule has 20 heavy (non-hydrogen) atoms. The van der Waals surface area contributed by atoms with Gasteiger partial charge in [-0.3, -0.25) is 0 Å². The van der Waals surface area contributed by atoms with Gasteiger partial charge in [0.1, 0.15) is 0 Å². The van der Waals surface area contributed by atoms with E-state index in [-0.39, 0.29) is 0 Å². The molecular formula is C18H23NO. The van der Waals surface area contributed by atoms with Crippen LogP contribution in [0.2, 0.25) is 0 Å². The molecule has 0 unspecified atom stereocenters. The minimum atomic E-state index is 0.702. The van der Waals surface area contributed by atoms with Crippen LogP contribution in [-0.2, 0) is 24.4 Å². The van der Waals surface area contributed by atoms with Gasteiger partial charge in [0, 0.05) is 19.7 Å². The first-order valence-corrected chi connectivity index (χ1v) is 7.20. The van der Waals surface area contributed by atoms with Crippen LogP contribution in [0.4, 0.5) is 0 Å². The number of ether oxygens (including phenoxy) is 1. The molecule has 0 aromatic heterocycles. The van der Waals surface area contributed by atoms with Crippen LogP contribution >= 0.6 is 0 Å². The molecule has 2 aromatic rings. The third-order valence-corrected chi connectivity index (χ3v) is 3.40. The zero-order valence-electron chi connectivity index (χ0n) is 12.4. The van der Waals surface area contributed by atoms with Gasteiger partial charge in [-0.05, 0) is 36.1 Å². The van der Waals surface area contributed by atoms with Gasteiger partial charge in [-0.15, -0.1) is 0 Å². The van der Waals surface area contributed by atoms with E-state index < -0.39 is 0 Å². The molecule has 0 aliphatic rings. The van der Waals surface area contributed by atoms with Crippen molar-refractivity contribution in [2.24, 2.45) is 0 Å². The van der Waals surface area contributed by atoms with Gasteiger partial charge in [0.05, 0.1) is 6.61 Å². The zero-order chi connectivity index (χ0) is 14.2. The van der Waals surface area contributed by atoms with Crippen molar-refractivity contribution in [3.63, 3.8) is 0 Å². The maximum Gasteiger partial charge on any atom is 0.0716 e. The van der Waals surface area contributed by atoms with Crippen molar-refractivity contribution in [3.05, 3.63) is 70.8 Å². The van der Waals surface area contributed by atoms with Crippen LogP contribution in [0, 0.1) is 6.92 Å². The molecule has 0 radical (unpaired) electrons. The van der Waals surface area contributed by atoms with E-state index in [1.807, 2.05) is 6.92 Å². The van der Waals surface area contributed by atoms with E-state index in [1.165, 1.54) is 22.3 Å². The molecule has 2 nitrogen and oxygen atoms in total. The molecule has 0 bridgehead atoms. The van der Waals surface area contributed by atoms with Crippen LogP contribution in [0.15, 0.2) is 48.5 Å². The van der Waals surface area contributed by atoms with Crippen LogP contribution in [0.3, 0.4) is 0 Å².